The predicted molar refractivity (Wildman–Crippen MR) is 127 cm³/mol. The van der Waals surface area contributed by atoms with E-state index in [9.17, 15) is 13.2 Å². The highest BCUT2D eigenvalue weighted by Gasteiger charge is 2.21. The maximum absolute atomic E-state index is 12.8. The van der Waals surface area contributed by atoms with Gasteiger partial charge in [-0.15, -0.1) is 4.83 Å². The molecule has 1 aromatic heterocycles. The largest absolute Gasteiger partial charge is 0.341 e. The van der Waals surface area contributed by atoms with Crippen LogP contribution in [0.2, 0.25) is 0 Å². The van der Waals surface area contributed by atoms with Crippen LogP contribution in [0.4, 0.5) is 23.5 Å². The first-order valence-electron chi connectivity index (χ1n) is 11.3. The van der Waals surface area contributed by atoms with Gasteiger partial charge in [-0.2, -0.15) is 15.0 Å². The van der Waals surface area contributed by atoms with Crippen LogP contribution in [0, 0.1) is 0 Å². The molecule has 0 radical (unpaired) electrons. The zero-order chi connectivity index (χ0) is 23.3. The molecule has 2 aliphatic rings. The highest BCUT2D eigenvalue weighted by atomic mass is 32.2. The summed E-state index contributed by atoms with van der Waals surface area (Å²) in [6, 6.07) is 5.89. The molecule has 2 aromatic rings. The number of nitrogens with zero attached hydrogens (tertiary/aromatic N) is 5. The summed E-state index contributed by atoms with van der Waals surface area (Å²) in [5.41, 5.74) is 3.18. The lowest BCUT2D eigenvalue weighted by Gasteiger charge is -2.30. The lowest BCUT2D eigenvalue weighted by molar-refractivity contribution is -0.114. The molecule has 0 aliphatic carbocycles. The number of hydrogen-bond acceptors (Lipinski definition) is 9. The molecule has 0 spiro atoms. The molecule has 0 atom stereocenters. The monoisotopic (exact) mass is 474 g/mol. The Morgan fingerprint density at radius 2 is 1.33 bits per heavy atom. The molecule has 0 unspecified atom stereocenters. The van der Waals surface area contributed by atoms with Gasteiger partial charge in [-0.05, 0) is 62.8 Å². The molecular weight excluding hydrogens is 444 g/mol. The molecule has 178 valence electrons. The second-order valence-corrected chi connectivity index (χ2v) is 9.97. The highest BCUT2D eigenvalue weighted by Crippen LogP contribution is 2.22. The topological polar surface area (TPSA) is 132 Å². The third kappa shape index (κ3) is 6.08. The summed E-state index contributed by atoms with van der Waals surface area (Å²) in [7, 11) is -3.88. The first kappa shape index (κ1) is 23.2. The number of amides is 1. The Bertz CT molecular complexity index is 1030. The Labute approximate surface area is 194 Å². The summed E-state index contributed by atoms with van der Waals surface area (Å²) in [6.07, 6.45) is 6.69. The average Bonchev–Trinajstić information content (AvgIpc) is 2.84. The van der Waals surface area contributed by atoms with Crippen LogP contribution in [0.15, 0.2) is 29.2 Å². The summed E-state index contributed by atoms with van der Waals surface area (Å²) in [4.78, 5) is 31.5. The summed E-state index contributed by atoms with van der Waals surface area (Å²) < 4.78 is 25.5. The molecule has 1 amide bonds. The molecule has 11 nitrogen and oxygen atoms in total. The van der Waals surface area contributed by atoms with Crippen LogP contribution in [0.1, 0.15) is 45.4 Å². The van der Waals surface area contributed by atoms with Gasteiger partial charge in [0, 0.05) is 38.8 Å². The van der Waals surface area contributed by atoms with Gasteiger partial charge in [0.25, 0.3) is 10.0 Å². The van der Waals surface area contributed by atoms with Crippen LogP contribution in [0.25, 0.3) is 0 Å². The van der Waals surface area contributed by atoms with Gasteiger partial charge in [0.2, 0.25) is 23.8 Å². The maximum Gasteiger partial charge on any atom is 0.257 e. The number of benzene rings is 1. The number of piperidine rings is 2. The normalized spacial score (nSPS) is 17.0. The Kier molecular flexibility index (Phi) is 7.23. The number of hydrogen-bond donors (Lipinski definition) is 3. The van der Waals surface area contributed by atoms with Crippen molar-refractivity contribution in [2.24, 2.45) is 0 Å². The minimum atomic E-state index is -3.88. The quantitative estimate of drug-likeness (QED) is 0.516. The summed E-state index contributed by atoms with van der Waals surface area (Å²) in [6.45, 7) is 4.87. The van der Waals surface area contributed by atoms with Crippen LogP contribution >= 0.6 is 0 Å². The van der Waals surface area contributed by atoms with E-state index in [2.05, 4.69) is 35.3 Å². The fraction of sp³-hybridized carbons (Fsp3) is 0.524. The minimum Gasteiger partial charge on any atom is -0.341 e. The Balaban J connectivity index is 1.52. The standard InChI is InChI=1S/C21H30N8O3S/c1-16(30)22-17-8-10-18(11-9-17)33(31,32)27-26-19-23-20(28-12-4-2-5-13-28)25-21(24-19)29-14-6-3-7-15-29/h8-11,27H,2-7,12-15H2,1H3,(H,22,30)(H,23,24,25,26). The number of aromatic nitrogens is 3. The predicted octanol–water partition coefficient (Wildman–Crippen LogP) is 2.12. The van der Waals surface area contributed by atoms with Crippen LogP contribution < -0.4 is 25.4 Å². The third-order valence-electron chi connectivity index (χ3n) is 5.67. The van der Waals surface area contributed by atoms with Gasteiger partial charge >= 0.3 is 0 Å². The summed E-state index contributed by atoms with van der Waals surface area (Å²) >= 11 is 0. The van der Waals surface area contributed by atoms with E-state index < -0.39 is 10.0 Å². The number of carbonyl (C=O) groups excluding carboxylic acids is 1. The number of carbonyl (C=O) groups is 1. The molecule has 12 heteroatoms. The lowest BCUT2D eigenvalue weighted by atomic mass is 10.1. The van der Waals surface area contributed by atoms with E-state index in [0.717, 1.165) is 51.9 Å². The number of anilines is 4. The zero-order valence-corrected chi connectivity index (χ0v) is 19.6. The van der Waals surface area contributed by atoms with E-state index in [4.69, 9.17) is 4.98 Å². The number of sulfonamides is 1. The van der Waals surface area contributed by atoms with E-state index in [1.807, 2.05) is 0 Å². The van der Waals surface area contributed by atoms with Gasteiger partial charge < -0.3 is 15.1 Å². The lowest BCUT2D eigenvalue weighted by Crippen LogP contribution is -2.36. The van der Waals surface area contributed by atoms with Crippen molar-refractivity contribution < 1.29 is 13.2 Å². The molecule has 2 aliphatic heterocycles. The molecule has 2 fully saturated rings. The minimum absolute atomic E-state index is 0.0469. The number of rotatable bonds is 7. The maximum atomic E-state index is 12.8. The third-order valence-corrected chi connectivity index (χ3v) is 6.94. The van der Waals surface area contributed by atoms with Gasteiger partial charge in [-0.3, -0.25) is 10.2 Å². The fourth-order valence-electron chi connectivity index (χ4n) is 3.97. The highest BCUT2D eigenvalue weighted by molar-refractivity contribution is 7.89. The number of hydrazine groups is 1. The van der Waals surface area contributed by atoms with Crippen LogP contribution in [-0.4, -0.2) is 55.5 Å². The van der Waals surface area contributed by atoms with E-state index >= 15 is 0 Å². The molecule has 3 N–H and O–H groups in total. The first-order chi connectivity index (χ1) is 15.9. The van der Waals surface area contributed by atoms with Crippen molar-refractivity contribution in [3.8, 4) is 0 Å². The molecule has 1 aromatic carbocycles. The molecule has 0 bridgehead atoms. The second kappa shape index (κ2) is 10.3. The summed E-state index contributed by atoms with van der Waals surface area (Å²) in [5.74, 6) is 1.05. The summed E-state index contributed by atoms with van der Waals surface area (Å²) in [5, 5.41) is 2.61. The van der Waals surface area contributed by atoms with Gasteiger partial charge in [0.1, 0.15) is 0 Å². The smallest absolute Gasteiger partial charge is 0.257 e. The SMILES string of the molecule is CC(=O)Nc1ccc(S(=O)(=O)NNc2nc(N3CCCCC3)nc(N3CCCCC3)n2)cc1. The van der Waals surface area contributed by atoms with Crippen molar-refractivity contribution in [2.75, 3.05) is 46.7 Å². The van der Waals surface area contributed by atoms with Crippen molar-refractivity contribution in [3.63, 3.8) is 0 Å². The van der Waals surface area contributed by atoms with Crippen molar-refractivity contribution in [1.29, 1.82) is 0 Å². The second-order valence-electron chi connectivity index (χ2n) is 8.29. The molecule has 2 saturated heterocycles. The molecule has 0 saturated carbocycles. The molecule has 3 heterocycles. The van der Waals surface area contributed by atoms with E-state index in [1.165, 1.54) is 44.0 Å². The Morgan fingerprint density at radius 3 is 1.82 bits per heavy atom. The fourth-order valence-corrected chi connectivity index (χ4v) is 4.81. The van der Waals surface area contributed by atoms with Crippen LogP contribution in [-0.2, 0) is 14.8 Å². The van der Waals surface area contributed by atoms with Crippen molar-refractivity contribution in [1.82, 2.24) is 19.8 Å². The van der Waals surface area contributed by atoms with Gasteiger partial charge in [-0.25, -0.2) is 8.42 Å². The average molecular weight is 475 g/mol. The Hall–Kier alpha value is -2.99. The number of nitrogens with one attached hydrogen (secondary N) is 3. The van der Waals surface area contributed by atoms with Crippen molar-refractivity contribution >= 4 is 39.5 Å². The first-order valence-corrected chi connectivity index (χ1v) is 12.8. The van der Waals surface area contributed by atoms with E-state index in [-0.39, 0.29) is 16.8 Å². The van der Waals surface area contributed by atoms with Gasteiger partial charge in [0.05, 0.1) is 4.90 Å². The van der Waals surface area contributed by atoms with Crippen molar-refractivity contribution in [3.05, 3.63) is 24.3 Å². The zero-order valence-electron chi connectivity index (χ0n) is 18.7. The van der Waals surface area contributed by atoms with Crippen molar-refractivity contribution in [2.45, 2.75) is 50.3 Å². The molecule has 33 heavy (non-hydrogen) atoms. The van der Waals surface area contributed by atoms with Gasteiger partial charge in [0.15, 0.2) is 0 Å². The molecular formula is C21H30N8O3S. The van der Waals surface area contributed by atoms with Crippen LogP contribution in [0.5, 0.6) is 0 Å². The molecule has 4 rings (SSSR count). The van der Waals surface area contributed by atoms with E-state index in [1.54, 1.807) is 0 Å². The van der Waals surface area contributed by atoms with Crippen LogP contribution in [0.3, 0.4) is 0 Å². The van der Waals surface area contributed by atoms with Gasteiger partial charge in [-0.1, -0.05) is 0 Å². The van der Waals surface area contributed by atoms with E-state index in [0.29, 0.717) is 17.6 Å². The Morgan fingerprint density at radius 1 is 0.818 bits per heavy atom.